The molecule has 1 fully saturated rings. The molecule has 0 aliphatic carbocycles. The van der Waals surface area contributed by atoms with Crippen molar-refractivity contribution in [3.8, 4) is 5.69 Å². The summed E-state index contributed by atoms with van der Waals surface area (Å²) < 4.78 is 33.1. The quantitative estimate of drug-likeness (QED) is 0.0666. The average molecular weight is 951 g/mol. The molecule has 12 nitrogen and oxygen atoms in total. The summed E-state index contributed by atoms with van der Waals surface area (Å²) in [5.74, 6) is -3.06. The Bertz CT molecular complexity index is 2810. The predicted octanol–water partition coefficient (Wildman–Crippen LogP) is 9.14. The average Bonchev–Trinajstić information content (AvgIpc) is 3.72. The number of benzene rings is 6. The van der Waals surface area contributed by atoms with Crippen molar-refractivity contribution in [3.63, 3.8) is 0 Å². The van der Waals surface area contributed by atoms with Gasteiger partial charge in [-0.2, -0.15) is 0 Å². The van der Waals surface area contributed by atoms with Gasteiger partial charge in [0.25, 0.3) is 0 Å². The van der Waals surface area contributed by atoms with Crippen molar-refractivity contribution < 1.29 is 42.9 Å². The zero-order valence-corrected chi connectivity index (χ0v) is 37.8. The number of aryl methyl sites for hydroxylation is 1. The summed E-state index contributed by atoms with van der Waals surface area (Å²) in [4.78, 5) is 66.6. The maximum Gasteiger partial charge on any atom is 0.338 e. The van der Waals surface area contributed by atoms with Crippen LogP contribution in [0.1, 0.15) is 47.0 Å². The minimum atomic E-state index is -1.56. The molecule has 5 atom stereocenters. The first-order valence-corrected chi connectivity index (χ1v) is 22.0. The minimum Gasteiger partial charge on any atom is -0.459 e. The molecular formula is C49H41Cl2N3O9S2. The van der Waals surface area contributed by atoms with E-state index in [1.807, 2.05) is 66.1 Å². The van der Waals surface area contributed by atoms with Gasteiger partial charge in [-0.15, -0.1) is 24.8 Å². The zero-order valence-electron chi connectivity index (χ0n) is 34.5. The highest BCUT2D eigenvalue weighted by Crippen LogP contribution is 2.32. The van der Waals surface area contributed by atoms with Crippen LogP contribution in [-0.4, -0.2) is 65.7 Å². The Morgan fingerprint density at radius 2 is 0.938 bits per heavy atom. The van der Waals surface area contributed by atoms with E-state index in [0.717, 1.165) is 11.3 Å². The summed E-state index contributed by atoms with van der Waals surface area (Å²) in [6, 6.07) is 50.3. The number of hydrogen-bond acceptors (Lipinski definition) is 13. The van der Waals surface area contributed by atoms with Crippen LogP contribution < -0.4 is 9.60 Å². The van der Waals surface area contributed by atoms with Gasteiger partial charge in [-0.05, 0) is 100 Å². The van der Waals surface area contributed by atoms with Gasteiger partial charge in [0, 0.05) is 0 Å². The molecule has 1 aliphatic heterocycles. The molecule has 65 heavy (non-hydrogen) atoms. The standard InChI is InChI=1S/C49H39N3O9S2.2ClH/c1-32-27-29-38(30-28-32)52-48(50-37-25-15-6-16-26-37)62-63-49(52)51-43-42(61-47(56)36-23-13-5-14-24-36)41(60-46(55)35-21-11-4-12-22-35)40(59-45(54)34-19-9-3-10-20-34)39(58-43)31-57-44(53)33-17-7-2-8-18-33;;/h2-30,39-43H,31H2,1H3;2*1H/b50-48?,51-49+;;/t39-,40-,41+,42-,43-;;/m1../s1. The van der Waals surface area contributed by atoms with Crippen molar-refractivity contribution >= 4 is 75.1 Å². The molecule has 0 bridgehead atoms. The lowest BCUT2D eigenvalue weighted by Gasteiger charge is -2.43. The number of nitrogens with zero attached hydrogens (tertiary/aromatic N) is 3. The number of esters is 4. The van der Waals surface area contributed by atoms with Crippen molar-refractivity contribution in [2.45, 2.75) is 37.6 Å². The van der Waals surface area contributed by atoms with Crippen LogP contribution in [-0.2, 0) is 23.7 Å². The second-order valence-electron chi connectivity index (χ2n) is 14.2. The maximum atomic E-state index is 14.1. The van der Waals surface area contributed by atoms with Crippen LogP contribution in [0, 0.1) is 6.92 Å². The third kappa shape index (κ3) is 11.9. The summed E-state index contributed by atoms with van der Waals surface area (Å²) in [6.07, 6.45) is -7.36. The summed E-state index contributed by atoms with van der Waals surface area (Å²) in [5, 5.41) is 0. The van der Waals surface area contributed by atoms with Gasteiger partial charge in [0.05, 0.1) is 33.6 Å². The van der Waals surface area contributed by atoms with Crippen LogP contribution in [0.4, 0.5) is 5.69 Å². The van der Waals surface area contributed by atoms with E-state index < -0.39 is 61.1 Å². The number of aromatic nitrogens is 1. The van der Waals surface area contributed by atoms with Crippen LogP contribution in [0.25, 0.3) is 5.69 Å². The van der Waals surface area contributed by atoms with Crippen molar-refractivity contribution in [2.24, 2.45) is 9.98 Å². The van der Waals surface area contributed by atoms with Crippen LogP contribution in [0.3, 0.4) is 0 Å². The molecule has 16 heteroatoms. The van der Waals surface area contributed by atoms with Gasteiger partial charge < -0.3 is 23.7 Å². The number of hydrogen-bond donors (Lipinski definition) is 0. The fourth-order valence-electron chi connectivity index (χ4n) is 6.66. The van der Waals surface area contributed by atoms with E-state index in [1.54, 1.807) is 121 Å². The summed E-state index contributed by atoms with van der Waals surface area (Å²) in [5.41, 5.74) is 3.29. The minimum absolute atomic E-state index is 0. The van der Waals surface area contributed by atoms with Crippen molar-refractivity contribution in [1.82, 2.24) is 4.57 Å². The summed E-state index contributed by atoms with van der Waals surface area (Å²) >= 11 is 0. The maximum absolute atomic E-state index is 14.1. The van der Waals surface area contributed by atoms with E-state index in [2.05, 4.69) is 0 Å². The molecule has 1 saturated heterocycles. The topological polar surface area (TPSA) is 144 Å². The first kappa shape index (κ1) is 47.8. The van der Waals surface area contributed by atoms with Gasteiger partial charge in [0.1, 0.15) is 12.7 Å². The Labute approximate surface area is 393 Å². The monoisotopic (exact) mass is 949 g/mol. The zero-order chi connectivity index (χ0) is 43.5. The third-order valence-corrected chi connectivity index (χ3v) is 11.9. The fourth-order valence-corrected chi connectivity index (χ4v) is 8.83. The molecule has 7 aromatic rings. The smallest absolute Gasteiger partial charge is 0.338 e. The fraction of sp³-hybridized carbons (Fsp3) is 0.143. The van der Waals surface area contributed by atoms with Crippen LogP contribution >= 0.6 is 45.5 Å². The van der Waals surface area contributed by atoms with E-state index in [1.165, 1.54) is 20.7 Å². The van der Waals surface area contributed by atoms with Gasteiger partial charge in [0.2, 0.25) is 9.60 Å². The Morgan fingerprint density at radius 3 is 1.43 bits per heavy atom. The number of para-hydroxylation sites is 1. The van der Waals surface area contributed by atoms with E-state index in [0.29, 0.717) is 15.3 Å². The Balaban J connectivity index is 0.00000350. The molecule has 0 amide bonds. The summed E-state index contributed by atoms with van der Waals surface area (Å²) in [7, 11) is 2.64. The molecule has 2 heterocycles. The lowest BCUT2D eigenvalue weighted by atomic mass is 9.97. The highest BCUT2D eigenvalue weighted by Gasteiger charge is 2.53. The Kier molecular flexibility index (Phi) is 16.8. The molecular weight excluding hydrogens is 910 g/mol. The highest BCUT2D eigenvalue weighted by atomic mass is 35.5. The number of rotatable bonds is 12. The lowest BCUT2D eigenvalue weighted by molar-refractivity contribution is -0.227. The van der Waals surface area contributed by atoms with Gasteiger partial charge in [-0.1, -0.05) is 109 Å². The van der Waals surface area contributed by atoms with Gasteiger partial charge in [-0.3, -0.25) is 4.57 Å². The van der Waals surface area contributed by atoms with Crippen LogP contribution in [0.15, 0.2) is 186 Å². The number of carbonyl (C=O) groups is 4. The molecule has 1 aromatic heterocycles. The van der Waals surface area contributed by atoms with Gasteiger partial charge in [0.15, 0.2) is 24.5 Å². The van der Waals surface area contributed by atoms with Crippen molar-refractivity contribution in [3.05, 3.63) is 213 Å². The Morgan fingerprint density at radius 1 is 0.523 bits per heavy atom. The molecule has 332 valence electrons. The first-order valence-electron chi connectivity index (χ1n) is 19.9. The van der Waals surface area contributed by atoms with E-state index >= 15 is 0 Å². The van der Waals surface area contributed by atoms with E-state index in [9.17, 15) is 19.2 Å². The normalized spacial score (nSPS) is 18.3. The first-order chi connectivity index (χ1) is 30.8. The van der Waals surface area contributed by atoms with Gasteiger partial charge >= 0.3 is 23.9 Å². The van der Waals surface area contributed by atoms with Crippen molar-refractivity contribution in [1.29, 1.82) is 0 Å². The van der Waals surface area contributed by atoms with E-state index in [4.69, 9.17) is 33.7 Å². The second-order valence-corrected chi connectivity index (χ2v) is 16.3. The Hall–Kier alpha value is -6.68. The highest BCUT2D eigenvalue weighted by molar-refractivity contribution is 7.67. The van der Waals surface area contributed by atoms with Gasteiger partial charge in [-0.25, -0.2) is 29.2 Å². The molecule has 1 aliphatic rings. The molecule has 0 spiro atoms. The third-order valence-electron chi connectivity index (χ3n) is 9.84. The molecule has 0 N–H and O–H groups in total. The van der Waals surface area contributed by atoms with E-state index in [-0.39, 0.29) is 47.1 Å². The van der Waals surface area contributed by atoms with Crippen molar-refractivity contribution in [2.75, 3.05) is 6.61 Å². The largest absolute Gasteiger partial charge is 0.459 e. The molecule has 0 saturated carbocycles. The molecule has 6 aromatic carbocycles. The predicted molar refractivity (Wildman–Crippen MR) is 250 cm³/mol. The SMILES string of the molecule is Cc1ccc(-n2c(=Nc3ccccc3)ss/c2=N/[C@@H]2O[C@H](COC(=O)c3ccccc3)[C@@H](OC(=O)c3ccccc3)[C@H](OC(=O)c3ccccc3)[C@H]2OC(=O)c2ccccc2)cc1.Cl.Cl. The lowest BCUT2D eigenvalue weighted by Crippen LogP contribution is -2.62. The second kappa shape index (κ2) is 22.8. The number of halogens is 2. The molecule has 0 radical (unpaired) electrons. The number of carbonyl (C=O) groups excluding carboxylic acids is 4. The molecule has 0 unspecified atom stereocenters. The van der Waals surface area contributed by atoms with Crippen LogP contribution in [0.5, 0.6) is 0 Å². The van der Waals surface area contributed by atoms with Crippen LogP contribution in [0.2, 0.25) is 0 Å². The molecule has 8 rings (SSSR count). The number of ether oxygens (including phenoxy) is 5. The summed E-state index contributed by atoms with van der Waals surface area (Å²) in [6.45, 7) is 1.50.